The monoisotopic (exact) mass is 416 g/mol. The summed E-state index contributed by atoms with van der Waals surface area (Å²) >= 11 is 2.58. The Morgan fingerprint density at radius 1 is 1.23 bits per heavy atom. The molecule has 0 saturated carbocycles. The molecular weight excluding hydrogens is 392 g/mol. The number of sulfonamides is 1. The van der Waals surface area contributed by atoms with Crippen molar-refractivity contribution in [3.05, 3.63) is 17.8 Å². The number of thiophene rings is 1. The molecule has 0 saturated heterocycles. The van der Waals surface area contributed by atoms with E-state index in [4.69, 9.17) is 0 Å². The summed E-state index contributed by atoms with van der Waals surface area (Å²) in [6.45, 7) is 6.66. The number of aromatic nitrogens is 1. The van der Waals surface area contributed by atoms with Gasteiger partial charge in [0.2, 0.25) is 5.91 Å². The van der Waals surface area contributed by atoms with Crippen molar-refractivity contribution >= 4 is 43.7 Å². The number of likely N-dealkylation sites (N-methyl/N-ethyl adjacent to an activating group) is 2. The lowest BCUT2D eigenvalue weighted by atomic mass is 10.3. The van der Waals surface area contributed by atoms with Gasteiger partial charge in [-0.25, -0.2) is 13.4 Å². The Morgan fingerprint density at radius 2 is 1.92 bits per heavy atom. The molecule has 0 atom stereocenters. The van der Waals surface area contributed by atoms with Gasteiger partial charge in [0.25, 0.3) is 10.0 Å². The van der Waals surface area contributed by atoms with Crippen molar-refractivity contribution in [2.24, 2.45) is 0 Å². The van der Waals surface area contributed by atoms with E-state index in [2.05, 4.69) is 10.3 Å². The highest BCUT2D eigenvalue weighted by atomic mass is 32.2. The van der Waals surface area contributed by atoms with Crippen molar-refractivity contribution in [3.63, 3.8) is 0 Å². The minimum atomic E-state index is -3.52. The summed E-state index contributed by atoms with van der Waals surface area (Å²) in [6.07, 6.45) is 0. The van der Waals surface area contributed by atoms with Crippen LogP contribution < -0.4 is 5.32 Å². The van der Waals surface area contributed by atoms with Crippen LogP contribution in [-0.2, 0) is 14.8 Å². The third-order valence-electron chi connectivity index (χ3n) is 3.63. The molecule has 0 fully saturated rings. The van der Waals surface area contributed by atoms with E-state index in [1.54, 1.807) is 12.1 Å². The van der Waals surface area contributed by atoms with Gasteiger partial charge in [0.1, 0.15) is 4.21 Å². The van der Waals surface area contributed by atoms with Crippen LogP contribution in [0.2, 0.25) is 0 Å². The first-order valence-corrected chi connectivity index (χ1v) is 11.2. The van der Waals surface area contributed by atoms with E-state index < -0.39 is 10.0 Å². The van der Waals surface area contributed by atoms with Crippen LogP contribution in [0.5, 0.6) is 0 Å². The van der Waals surface area contributed by atoms with Crippen LogP contribution in [0.1, 0.15) is 19.5 Å². The van der Waals surface area contributed by atoms with Gasteiger partial charge in [-0.2, -0.15) is 4.31 Å². The summed E-state index contributed by atoms with van der Waals surface area (Å²) in [5.41, 5.74) is 0.768. The van der Waals surface area contributed by atoms with Crippen molar-refractivity contribution < 1.29 is 13.2 Å². The highest BCUT2D eigenvalue weighted by Gasteiger charge is 2.25. The van der Waals surface area contributed by atoms with Crippen molar-refractivity contribution in [1.82, 2.24) is 14.2 Å². The first-order valence-electron chi connectivity index (χ1n) is 8.15. The van der Waals surface area contributed by atoms with Crippen molar-refractivity contribution in [2.45, 2.75) is 25.0 Å². The molecule has 0 aliphatic carbocycles. The molecule has 1 amide bonds. The summed E-state index contributed by atoms with van der Waals surface area (Å²) < 4.78 is 27.6. The molecule has 2 aromatic heterocycles. The summed E-state index contributed by atoms with van der Waals surface area (Å²) in [5.74, 6) is -0.181. The molecule has 0 radical (unpaired) electrons. The molecule has 144 valence electrons. The number of nitrogens with one attached hydrogen (secondary N) is 1. The SMILES string of the molecule is CCN(CCN(C)C)S(=O)(=O)c1ccc(-c2sc(NC(C)=O)nc2C)s1. The van der Waals surface area contributed by atoms with Gasteiger partial charge >= 0.3 is 0 Å². The zero-order valence-electron chi connectivity index (χ0n) is 15.6. The Morgan fingerprint density at radius 3 is 2.50 bits per heavy atom. The van der Waals surface area contributed by atoms with E-state index in [1.807, 2.05) is 32.8 Å². The van der Waals surface area contributed by atoms with Crippen molar-refractivity contribution in [3.8, 4) is 9.75 Å². The Bertz CT molecular complexity index is 871. The number of amides is 1. The van der Waals surface area contributed by atoms with E-state index in [-0.39, 0.29) is 5.91 Å². The smallest absolute Gasteiger partial charge is 0.252 e. The normalized spacial score (nSPS) is 12.1. The topological polar surface area (TPSA) is 82.6 Å². The van der Waals surface area contributed by atoms with Gasteiger partial charge in [-0.15, -0.1) is 11.3 Å². The van der Waals surface area contributed by atoms with Gasteiger partial charge < -0.3 is 10.2 Å². The van der Waals surface area contributed by atoms with E-state index in [9.17, 15) is 13.2 Å². The minimum Gasteiger partial charge on any atom is -0.308 e. The standard InChI is InChI=1S/C16H24N4O3S3/c1-6-20(10-9-19(4)5)26(22,23)14-8-7-13(24-14)15-11(2)17-16(25-15)18-12(3)21/h7-8H,6,9-10H2,1-5H3,(H,17,18,21). The largest absolute Gasteiger partial charge is 0.308 e. The molecule has 10 heteroatoms. The van der Waals surface area contributed by atoms with Crippen LogP contribution in [0.25, 0.3) is 9.75 Å². The minimum absolute atomic E-state index is 0.181. The van der Waals surface area contributed by atoms with Crippen LogP contribution in [0, 0.1) is 6.92 Å². The number of rotatable bonds is 8. The maximum atomic E-state index is 12.9. The fourth-order valence-electron chi connectivity index (χ4n) is 2.30. The highest BCUT2D eigenvalue weighted by Crippen LogP contribution is 2.38. The number of anilines is 1. The van der Waals surface area contributed by atoms with Crippen LogP contribution in [0.3, 0.4) is 0 Å². The number of nitrogens with zero attached hydrogens (tertiary/aromatic N) is 3. The number of aryl methyl sites for hydroxylation is 1. The Kier molecular flexibility index (Phi) is 6.92. The Labute approximate surface area is 162 Å². The Balaban J connectivity index is 2.28. The average Bonchev–Trinajstić information content (AvgIpc) is 3.13. The second-order valence-corrected chi connectivity index (χ2v) is 10.3. The number of hydrogen-bond donors (Lipinski definition) is 1. The molecule has 2 rings (SSSR count). The third-order valence-corrected chi connectivity index (χ3v) is 8.41. The summed E-state index contributed by atoms with van der Waals surface area (Å²) in [6, 6.07) is 3.44. The fourth-order valence-corrected chi connectivity index (χ4v) is 6.37. The van der Waals surface area contributed by atoms with Gasteiger partial charge in [0.15, 0.2) is 5.13 Å². The number of hydrogen-bond acceptors (Lipinski definition) is 7. The number of thiazole rings is 1. The molecule has 26 heavy (non-hydrogen) atoms. The van der Waals surface area contributed by atoms with E-state index in [1.165, 1.54) is 33.9 Å². The zero-order valence-corrected chi connectivity index (χ0v) is 18.0. The van der Waals surface area contributed by atoms with Crippen molar-refractivity contribution in [1.29, 1.82) is 0 Å². The average molecular weight is 417 g/mol. The van der Waals surface area contributed by atoms with E-state index in [0.717, 1.165) is 15.4 Å². The van der Waals surface area contributed by atoms with Crippen molar-refractivity contribution in [2.75, 3.05) is 39.0 Å². The predicted molar refractivity (Wildman–Crippen MR) is 107 cm³/mol. The molecule has 0 spiro atoms. The zero-order chi connectivity index (χ0) is 19.5. The maximum absolute atomic E-state index is 12.9. The molecule has 2 heterocycles. The van der Waals surface area contributed by atoms with Crippen LogP contribution >= 0.6 is 22.7 Å². The first kappa shape index (κ1) is 21.0. The molecule has 0 bridgehead atoms. The molecule has 7 nitrogen and oxygen atoms in total. The molecular formula is C16H24N4O3S3. The predicted octanol–water partition coefficient (Wildman–Crippen LogP) is 2.71. The van der Waals surface area contributed by atoms with Gasteiger partial charge in [0.05, 0.1) is 10.6 Å². The first-order chi connectivity index (χ1) is 12.1. The fraction of sp³-hybridized carbons (Fsp3) is 0.500. The molecule has 1 N–H and O–H groups in total. The highest BCUT2D eigenvalue weighted by molar-refractivity contribution is 7.91. The van der Waals surface area contributed by atoms with Gasteiger partial charge in [-0.05, 0) is 33.2 Å². The quantitative estimate of drug-likeness (QED) is 0.715. The Hall–Kier alpha value is -1.33. The second-order valence-electron chi connectivity index (χ2n) is 6.03. The maximum Gasteiger partial charge on any atom is 0.252 e. The lowest BCUT2D eigenvalue weighted by Gasteiger charge is -2.21. The summed E-state index contributed by atoms with van der Waals surface area (Å²) in [5, 5.41) is 3.19. The summed E-state index contributed by atoms with van der Waals surface area (Å²) in [4.78, 5) is 19.2. The van der Waals surface area contributed by atoms with Gasteiger partial charge in [-0.1, -0.05) is 18.3 Å². The molecule has 2 aromatic rings. The van der Waals surface area contributed by atoms with E-state index in [0.29, 0.717) is 29.0 Å². The van der Waals surface area contributed by atoms with Gasteiger partial charge in [-0.3, -0.25) is 4.79 Å². The van der Waals surface area contributed by atoms with Gasteiger partial charge in [0, 0.05) is 31.4 Å². The van der Waals surface area contributed by atoms with Crippen LogP contribution in [-0.4, -0.2) is 62.2 Å². The molecule has 0 aliphatic heterocycles. The van der Waals surface area contributed by atoms with E-state index >= 15 is 0 Å². The number of carbonyl (C=O) groups is 1. The molecule has 0 unspecified atom stereocenters. The molecule has 0 aromatic carbocycles. The third kappa shape index (κ3) is 4.89. The lowest BCUT2D eigenvalue weighted by molar-refractivity contribution is -0.114. The lowest BCUT2D eigenvalue weighted by Crippen LogP contribution is -2.36. The number of carbonyl (C=O) groups excluding carboxylic acids is 1. The van der Waals surface area contributed by atoms with Crippen LogP contribution in [0.4, 0.5) is 5.13 Å². The molecule has 0 aliphatic rings. The second kappa shape index (κ2) is 8.57. The summed E-state index contributed by atoms with van der Waals surface area (Å²) in [7, 11) is 0.320. The van der Waals surface area contributed by atoms with Crippen LogP contribution in [0.15, 0.2) is 16.3 Å².